The fourth-order valence-electron chi connectivity index (χ4n) is 1.57. The van der Waals surface area contributed by atoms with Gasteiger partial charge in [0.25, 0.3) is 0 Å². The summed E-state index contributed by atoms with van der Waals surface area (Å²) in [5.41, 5.74) is 0. The van der Waals surface area contributed by atoms with Gasteiger partial charge in [0.2, 0.25) is 10.0 Å². The van der Waals surface area contributed by atoms with Crippen LogP contribution in [-0.4, -0.2) is 47.2 Å². The highest BCUT2D eigenvalue weighted by Crippen LogP contribution is 2.14. The van der Waals surface area contributed by atoms with Crippen LogP contribution in [0.15, 0.2) is 29.9 Å². The van der Waals surface area contributed by atoms with Gasteiger partial charge >= 0.3 is 5.97 Å². The number of hydrogen-bond acceptors (Lipinski definition) is 4. The second-order valence-corrected chi connectivity index (χ2v) is 6.39. The summed E-state index contributed by atoms with van der Waals surface area (Å²) in [7, 11) is -2.06. The van der Waals surface area contributed by atoms with E-state index in [1.807, 2.05) is 0 Å². The Kier molecular flexibility index (Phi) is 5.90. The average molecular weight is 301 g/mol. The Morgan fingerprint density at radius 1 is 1.60 bits per heavy atom. The fraction of sp³-hybridized carbons (Fsp3) is 0.500. The van der Waals surface area contributed by atoms with Gasteiger partial charge in [0, 0.05) is 19.8 Å². The number of rotatable bonds is 9. The van der Waals surface area contributed by atoms with Crippen LogP contribution in [0.4, 0.5) is 0 Å². The van der Waals surface area contributed by atoms with Gasteiger partial charge in [-0.3, -0.25) is 9.48 Å². The molecule has 0 spiro atoms. The van der Waals surface area contributed by atoms with Crippen LogP contribution in [0.1, 0.15) is 19.3 Å². The molecule has 0 aromatic carbocycles. The molecule has 20 heavy (non-hydrogen) atoms. The molecule has 7 nitrogen and oxygen atoms in total. The molecule has 0 radical (unpaired) electrons. The van der Waals surface area contributed by atoms with E-state index in [1.54, 1.807) is 6.08 Å². The molecule has 0 atom stereocenters. The van der Waals surface area contributed by atoms with E-state index in [4.69, 9.17) is 5.11 Å². The molecule has 0 fully saturated rings. The molecule has 0 aliphatic heterocycles. The van der Waals surface area contributed by atoms with E-state index < -0.39 is 16.0 Å². The van der Waals surface area contributed by atoms with Crippen molar-refractivity contribution in [1.82, 2.24) is 14.1 Å². The number of allylic oxidation sites excluding steroid dienone is 1. The van der Waals surface area contributed by atoms with Gasteiger partial charge in [-0.25, -0.2) is 12.7 Å². The van der Waals surface area contributed by atoms with Gasteiger partial charge < -0.3 is 5.11 Å². The number of unbranched alkanes of at least 4 members (excludes halogenated alkanes) is 1. The number of sulfonamides is 1. The molecule has 1 aromatic heterocycles. The molecule has 0 saturated heterocycles. The molecule has 112 valence electrons. The van der Waals surface area contributed by atoms with E-state index >= 15 is 0 Å². The number of hydrogen-bond donors (Lipinski definition) is 1. The summed E-state index contributed by atoms with van der Waals surface area (Å²) >= 11 is 0. The lowest BCUT2D eigenvalue weighted by atomic mass is 10.3. The second kappa shape index (κ2) is 7.20. The Balaban J connectivity index is 2.72. The number of aromatic nitrogens is 2. The molecule has 0 saturated carbocycles. The number of nitrogens with zero attached hydrogens (tertiary/aromatic N) is 3. The normalized spacial score (nSPS) is 11.7. The van der Waals surface area contributed by atoms with Crippen molar-refractivity contribution in [2.45, 2.75) is 30.7 Å². The van der Waals surface area contributed by atoms with Crippen molar-refractivity contribution in [2.75, 3.05) is 13.6 Å². The molecule has 1 heterocycles. The second-order valence-electron chi connectivity index (χ2n) is 4.34. The minimum absolute atomic E-state index is 0.0731. The van der Waals surface area contributed by atoms with Gasteiger partial charge in [0.15, 0.2) is 0 Å². The van der Waals surface area contributed by atoms with Crippen LogP contribution >= 0.6 is 0 Å². The van der Waals surface area contributed by atoms with Crippen molar-refractivity contribution in [2.24, 2.45) is 0 Å². The molecule has 0 aliphatic carbocycles. The standard InChI is InChI=1S/C12H19N3O4S/c1-3-4-5-7-14(2)20(18,19)11-9-13-15(10-11)8-6-12(16)17/h3,9-10H,1,4-8H2,2H3,(H,16,17). The summed E-state index contributed by atoms with van der Waals surface area (Å²) in [5, 5.41) is 12.4. The maximum atomic E-state index is 12.2. The van der Waals surface area contributed by atoms with Crippen molar-refractivity contribution in [3.8, 4) is 0 Å². The number of aryl methyl sites for hydroxylation is 1. The predicted molar refractivity (Wildman–Crippen MR) is 73.7 cm³/mol. The summed E-state index contributed by atoms with van der Waals surface area (Å²) in [4.78, 5) is 10.5. The first kappa shape index (κ1) is 16.4. The Hall–Kier alpha value is -1.67. The highest BCUT2D eigenvalue weighted by Gasteiger charge is 2.22. The zero-order valence-electron chi connectivity index (χ0n) is 11.4. The Morgan fingerprint density at radius 3 is 2.90 bits per heavy atom. The van der Waals surface area contributed by atoms with E-state index in [9.17, 15) is 13.2 Å². The minimum atomic E-state index is -3.57. The van der Waals surface area contributed by atoms with Crippen LogP contribution in [0.25, 0.3) is 0 Å². The van der Waals surface area contributed by atoms with Crippen LogP contribution in [0.5, 0.6) is 0 Å². The van der Waals surface area contributed by atoms with Crippen LogP contribution in [0, 0.1) is 0 Å². The number of aliphatic carboxylic acids is 1. The SMILES string of the molecule is C=CCCCN(C)S(=O)(=O)c1cnn(CCC(=O)O)c1. The number of carboxylic acids is 1. The molecule has 0 amide bonds. The molecular weight excluding hydrogens is 282 g/mol. The maximum Gasteiger partial charge on any atom is 0.305 e. The Bertz CT molecular complexity index is 565. The molecule has 1 N–H and O–H groups in total. The third kappa shape index (κ3) is 4.46. The van der Waals surface area contributed by atoms with Crippen molar-refractivity contribution >= 4 is 16.0 Å². The van der Waals surface area contributed by atoms with Crippen LogP contribution < -0.4 is 0 Å². The van der Waals surface area contributed by atoms with E-state index in [1.165, 1.54) is 28.4 Å². The first-order valence-electron chi connectivity index (χ1n) is 6.19. The van der Waals surface area contributed by atoms with Crippen LogP contribution in [0.3, 0.4) is 0 Å². The van der Waals surface area contributed by atoms with Crippen molar-refractivity contribution < 1.29 is 18.3 Å². The van der Waals surface area contributed by atoms with Gasteiger partial charge in [-0.2, -0.15) is 5.10 Å². The van der Waals surface area contributed by atoms with E-state index in [0.29, 0.717) is 13.0 Å². The van der Waals surface area contributed by atoms with Crippen molar-refractivity contribution in [1.29, 1.82) is 0 Å². The lowest BCUT2D eigenvalue weighted by molar-refractivity contribution is -0.137. The highest BCUT2D eigenvalue weighted by atomic mass is 32.2. The molecule has 0 unspecified atom stereocenters. The summed E-state index contributed by atoms with van der Waals surface area (Å²) in [5.74, 6) is -0.952. The minimum Gasteiger partial charge on any atom is -0.481 e. The maximum absolute atomic E-state index is 12.2. The molecule has 1 rings (SSSR count). The third-order valence-electron chi connectivity index (χ3n) is 2.75. The van der Waals surface area contributed by atoms with E-state index in [0.717, 1.165) is 6.42 Å². The molecular formula is C12H19N3O4S. The Morgan fingerprint density at radius 2 is 2.30 bits per heavy atom. The van der Waals surface area contributed by atoms with Crippen molar-refractivity contribution in [3.63, 3.8) is 0 Å². The van der Waals surface area contributed by atoms with Crippen LogP contribution in [-0.2, 0) is 21.4 Å². The van der Waals surface area contributed by atoms with Gasteiger partial charge in [-0.05, 0) is 12.8 Å². The van der Waals surface area contributed by atoms with Gasteiger partial charge in [0.1, 0.15) is 4.90 Å². The summed E-state index contributed by atoms with van der Waals surface area (Å²) in [6.45, 7) is 4.13. The summed E-state index contributed by atoms with van der Waals surface area (Å²) in [6.07, 6.45) is 5.67. The smallest absolute Gasteiger partial charge is 0.305 e. The zero-order chi connectivity index (χ0) is 15.2. The van der Waals surface area contributed by atoms with Crippen molar-refractivity contribution in [3.05, 3.63) is 25.0 Å². The summed E-state index contributed by atoms with van der Waals surface area (Å²) < 4.78 is 27.0. The molecule has 0 bridgehead atoms. The zero-order valence-corrected chi connectivity index (χ0v) is 12.2. The average Bonchev–Trinajstić information content (AvgIpc) is 2.86. The molecule has 0 aliphatic rings. The van der Waals surface area contributed by atoms with Gasteiger partial charge in [0.05, 0.1) is 19.2 Å². The quantitative estimate of drug-likeness (QED) is 0.541. The first-order valence-corrected chi connectivity index (χ1v) is 7.63. The predicted octanol–water partition coefficient (Wildman–Crippen LogP) is 0.944. The lowest BCUT2D eigenvalue weighted by Gasteiger charge is -2.15. The van der Waals surface area contributed by atoms with E-state index in [2.05, 4.69) is 11.7 Å². The van der Waals surface area contributed by atoms with Crippen LogP contribution in [0.2, 0.25) is 0 Å². The van der Waals surface area contributed by atoms with E-state index in [-0.39, 0.29) is 17.9 Å². The monoisotopic (exact) mass is 301 g/mol. The lowest BCUT2D eigenvalue weighted by Crippen LogP contribution is -2.27. The van der Waals surface area contributed by atoms with Gasteiger partial charge in [-0.15, -0.1) is 6.58 Å². The number of carbonyl (C=O) groups is 1. The highest BCUT2D eigenvalue weighted by molar-refractivity contribution is 7.89. The fourth-order valence-corrected chi connectivity index (χ4v) is 2.73. The van der Waals surface area contributed by atoms with Gasteiger partial charge in [-0.1, -0.05) is 6.08 Å². The Labute approximate surface area is 118 Å². The first-order chi connectivity index (χ1) is 9.37. The topological polar surface area (TPSA) is 92.5 Å². The summed E-state index contributed by atoms with van der Waals surface area (Å²) in [6, 6.07) is 0. The molecule has 8 heteroatoms. The number of carboxylic acid groups (broad SMARTS) is 1. The molecule has 1 aromatic rings. The largest absolute Gasteiger partial charge is 0.481 e. The third-order valence-corrected chi connectivity index (χ3v) is 4.56.